The van der Waals surface area contributed by atoms with Crippen molar-refractivity contribution in [1.82, 2.24) is 0 Å². The lowest BCUT2D eigenvalue weighted by atomic mass is 10.1. The number of non-ortho nitro benzene ring substituents is 1. The van der Waals surface area contributed by atoms with Crippen LogP contribution in [0.5, 0.6) is 11.5 Å². The Morgan fingerprint density at radius 1 is 1.17 bits per heavy atom. The molecule has 126 valence electrons. The van der Waals surface area contributed by atoms with Crippen LogP contribution in [-0.4, -0.2) is 18.0 Å². The van der Waals surface area contributed by atoms with Gasteiger partial charge in [-0.25, -0.2) is 0 Å². The number of aryl methyl sites for hydroxylation is 1. The Labute approximate surface area is 148 Å². The zero-order valence-corrected chi connectivity index (χ0v) is 14.1. The van der Waals surface area contributed by atoms with Gasteiger partial charge in [0.1, 0.15) is 5.75 Å². The first-order chi connectivity index (χ1) is 11.4. The van der Waals surface area contributed by atoms with E-state index in [-0.39, 0.29) is 33.9 Å². The van der Waals surface area contributed by atoms with Gasteiger partial charge in [-0.05, 0) is 36.2 Å². The summed E-state index contributed by atoms with van der Waals surface area (Å²) in [6.07, 6.45) is 0.648. The summed E-state index contributed by atoms with van der Waals surface area (Å²) in [5.74, 6) is 0.286. The monoisotopic (exact) mass is 369 g/mol. The molecule has 0 saturated carbocycles. The number of esters is 1. The number of nitrogens with zero attached hydrogens (tertiary/aromatic N) is 1. The van der Waals surface area contributed by atoms with Crippen LogP contribution < -0.4 is 4.74 Å². The zero-order chi connectivity index (χ0) is 17.7. The lowest BCUT2D eigenvalue weighted by Crippen LogP contribution is -2.02. The van der Waals surface area contributed by atoms with Gasteiger partial charge in [-0.15, -0.1) is 0 Å². The van der Waals surface area contributed by atoms with Crippen LogP contribution in [-0.2, 0) is 16.0 Å². The van der Waals surface area contributed by atoms with E-state index in [1.807, 2.05) is 0 Å². The van der Waals surface area contributed by atoms with Crippen LogP contribution in [0.25, 0.3) is 0 Å². The normalized spacial score (nSPS) is 10.3. The summed E-state index contributed by atoms with van der Waals surface area (Å²) >= 11 is 12.4. The van der Waals surface area contributed by atoms with Crippen LogP contribution in [0.2, 0.25) is 10.0 Å². The molecule has 0 heterocycles. The van der Waals surface area contributed by atoms with Gasteiger partial charge in [0.25, 0.3) is 5.69 Å². The lowest BCUT2D eigenvalue weighted by Gasteiger charge is -2.11. The highest BCUT2D eigenvalue weighted by molar-refractivity contribution is 6.37. The van der Waals surface area contributed by atoms with E-state index in [9.17, 15) is 14.9 Å². The highest BCUT2D eigenvalue weighted by atomic mass is 35.5. The van der Waals surface area contributed by atoms with Crippen LogP contribution in [0.3, 0.4) is 0 Å². The highest BCUT2D eigenvalue weighted by Crippen LogP contribution is 2.38. The molecule has 0 unspecified atom stereocenters. The second-order valence-corrected chi connectivity index (χ2v) is 5.63. The molecule has 0 atom stereocenters. The summed E-state index contributed by atoms with van der Waals surface area (Å²) in [5.41, 5.74) is 0.726. The molecule has 24 heavy (non-hydrogen) atoms. The van der Waals surface area contributed by atoms with Gasteiger partial charge in [0.2, 0.25) is 0 Å². The van der Waals surface area contributed by atoms with Gasteiger partial charge in [-0.3, -0.25) is 14.9 Å². The third-order valence-corrected chi connectivity index (χ3v) is 3.73. The molecule has 0 spiro atoms. The van der Waals surface area contributed by atoms with Crippen LogP contribution in [0.1, 0.15) is 12.0 Å². The number of halogens is 2. The number of hydrogen-bond donors (Lipinski definition) is 0. The van der Waals surface area contributed by atoms with Crippen LogP contribution >= 0.6 is 23.2 Å². The van der Waals surface area contributed by atoms with E-state index in [2.05, 4.69) is 4.74 Å². The maximum Gasteiger partial charge on any atom is 0.305 e. The molecule has 0 aliphatic heterocycles. The topological polar surface area (TPSA) is 78.7 Å². The number of nitro benzene ring substituents is 1. The van der Waals surface area contributed by atoms with Crippen molar-refractivity contribution < 1.29 is 19.2 Å². The molecule has 2 aromatic carbocycles. The van der Waals surface area contributed by atoms with Crippen molar-refractivity contribution in [2.45, 2.75) is 12.8 Å². The quantitative estimate of drug-likeness (QED) is 0.415. The Hall–Kier alpha value is -2.31. The average molecular weight is 370 g/mol. The number of benzene rings is 2. The third kappa shape index (κ3) is 4.59. The first kappa shape index (κ1) is 18.0. The highest BCUT2D eigenvalue weighted by Gasteiger charge is 2.13. The SMILES string of the molecule is COC(=O)CCc1cc(Cl)c(Oc2ccc([N+](=O)[O-])cc2)c(Cl)c1. The number of carbonyl (C=O) groups excluding carboxylic acids is 1. The summed E-state index contributed by atoms with van der Waals surface area (Å²) in [5, 5.41) is 11.2. The van der Waals surface area contributed by atoms with Gasteiger partial charge in [0.05, 0.1) is 22.1 Å². The largest absolute Gasteiger partial charge is 0.469 e. The number of ether oxygens (including phenoxy) is 2. The lowest BCUT2D eigenvalue weighted by molar-refractivity contribution is -0.384. The molecule has 0 radical (unpaired) electrons. The molecule has 0 aliphatic carbocycles. The van der Waals surface area contributed by atoms with Gasteiger partial charge in [-0.1, -0.05) is 23.2 Å². The molecule has 0 saturated heterocycles. The molecule has 2 rings (SSSR count). The predicted molar refractivity (Wildman–Crippen MR) is 90.0 cm³/mol. The molecule has 0 bridgehead atoms. The molecule has 0 fully saturated rings. The molecule has 0 aromatic heterocycles. The molecule has 0 amide bonds. The minimum atomic E-state index is -0.500. The molecular weight excluding hydrogens is 357 g/mol. The summed E-state index contributed by atoms with van der Waals surface area (Å²) < 4.78 is 10.2. The van der Waals surface area contributed by atoms with Crippen molar-refractivity contribution in [3.63, 3.8) is 0 Å². The molecular formula is C16H13Cl2NO5. The van der Waals surface area contributed by atoms with Gasteiger partial charge in [0, 0.05) is 18.6 Å². The van der Waals surface area contributed by atoms with E-state index >= 15 is 0 Å². The summed E-state index contributed by atoms with van der Waals surface area (Å²) in [4.78, 5) is 21.3. The average Bonchev–Trinajstić information content (AvgIpc) is 2.56. The minimum Gasteiger partial charge on any atom is -0.469 e. The smallest absolute Gasteiger partial charge is 0.305 e. The van der Waals surface area contributed by atoms with Crippen molar-refractivity contribution in [3.8, 4) is 11.5 Å². The van der Waals surface area contributed by atoms with E-state index in [0.717, 1.165) is 5.56 Å². The van der Waals surface area contributed by atoms with Gasteiger partial charge in [0.15, 0.2) is 5.75 Å². The van der Waals surface area contributed by atoms with Gasteiger partial charge < -0.3 is 9.47 Å². The Balaban J connectivity index is 2.15. The number of rotatable bonds is 6. The summed E-state index contributed by atoms with van der Waals surface area (Å²) in [6.45, 7) is 0. The third-order valence-electron chi connectivity index (χ3n) is 3.17. The molecule has 0 aliphatic rings. The van der Waals surface area contributed by atoms with Crippen molar-refractivity contribution in [2.75, 3.05) is 7.11 Å². The second kappa shape index (κ2) is 7.99. The molecule has 6 nitrogen and oxygen atoms in total. The van der Waals surface area contributed by atoms with E-state index in [4.69, 9.17) is 27.9 Å². The van der Waals surface area contributed by atoms with E-state index < -0.39 is 4.92 Å². The summed E-state index contributed by atoms with van der Waals surface area (Å²) in [6, 6.07) is 8.85. The van der Waals surface area contributed by atoms with Gasteiger partial charge in [-0.2, -0.15) is 0 Å². The Kier molecular flexibility index (Phi) is 6.00. The maximum absolute atomic E-state index is 11.2. The second-order valence-electron chi connectivity index (χ2n) is 4.82. The standard InChI is InChI=1S/C16H13Cl2NO5/c1-23-15(20)7-2-10-8-13(17)16(14(18)9-10)24-12-5-3-11(4-6-12)19(21)22/h3-6,8-9H,2,7H2,1H3. The fourth-order valence-corrected chi connectivity index (χ4v) is 2.57. The summed E-state index contributed by atoms with van der Waals surface area (Å²) in [7, 11) is 1.32. The van der Waals surface area contributed by atoms with E-state index in [1.54, 1.807) is 12.1 Å². The van der Waals surface area contributed by atoms with Crippen LogP contribution in [0, 0.1) is 10.1 Å². The Morgan fingerprint density at radius 2 is 1.75 bits per heavy atom. The van der Waals surface area contributed by atoms with Crippen molar-refractivity contribution in [2.24, 2.45) is 0 Å². The van der Waals surface area contributed by atoms with Gasteiger partial charge >= 0.3 is 5.97 Å². The first-order valence-electron chi connectivity index (χ1n) is 6.87. The Bertz CT molecular complexity index is 739. The fraction of sp³-hybridized carbons (Fsp3) is 0.188. The maximum atomic E-state index is 11.2. The van der Waals surface area contributed by atoms with Crippen LogP contribution in [0.15, 0.2) is 36.4 Å². The first-order valence-corrected chi connectivity index (χ1v) is 7.63. The van der Waals surface area contributed by atoms with Crippen molar-refractivity contribution in [3.05, 3.63) is 62.1 Å². The molecule has 2 aromatic rings. The molecule has 8 heteroatoms. The number of carbonyl (C=O) groups is 1. The number of methoxy groups -OCH3 is 1. The minimum absolute atomic E-state index is 0.0438. The van der Waals surface area contributed by atoms with Crippen LogP contribution in [0.4, 0.5) is 5.69 Å². The van der Waals surface area contributed by atoms with Crippen molar-refractivity contribution in [1.29, 1.82) is 0 Å². The van der Waals surface area contributed by atoms with Crippen molar-refractivity contribution >= 4 is 34.9 Å². The number of nitro groups is 1. The predicted octanol–water partition coefficient (Wildman–Crippen LogP) is 4.80. The molecule has 0 N–H and O–H groups in total. The van der Waals surface area contributed by atoms with E-state index in [0.29, 0.717) is 12.2 Å². The fourth-order valence-electron chi connectivity index (χ4n) is 1.96. The Morgan fingerprint density at radius 3 is 2.25 bits per heavy atom. The number of hydrogen-bond acceptors (Lipinski definition) is 5. The zero-order valence-electron chi connectivity index (χ0n) is 12.6. The van der Waals surface area contributed by atoms with E-state index in [1.165, 1.54) is 31.4 Å².